The first-order chi connectivity index (χ1) is 7.81. The quantitative estimate of drug-likeness (QED) is 0.647. The monoisotopic (exact) mass is 238 g/mol. The van der Waals surface area contributed by atoms with E-state index in [2.05, 4.69) is 47.6 Å². The molecule has 0 saturated carbocycles. The van der Waals surface area contributed by atoms with Crippen LogP contribution in [0.15, 0.2) is 11.6 Å². The minimum Gasteiger partial charge on any atom is -0.346 e. The van der Waals surface area contributed by atoms with E-state index in [4.69, 9.17) is 9.47 Å². The third-order valence-corrected chi connectivity index (χ3v) is 4.51. The maximum atomic E-state index is 6.13. The van der Waals surface area contributed by atoms with Crippen molar-refractivity contribution in [1.29, 1.82) is 0 Å². The standard InChI is InChI=1S/C15H26O2/c1-9-7-10(2)13(11(3)8-9)14-16-12(4)15(5,6)17-14/h7,10-14H,8H2,1-6H3/t10-,11+,12-,13+,14-/m1/s1. The Bertz CT molecular complexity index is 319. The van der Waals surface area contributed by atoms with Crippen molar-refractivity contribution in [1.82, 2.24) is 0 Å². The van der Waals surface area contributed by atoms with Gasteiger partial charge in [0.05, 0.1) is 11.7 Å². The summed E-state index contributed by atoms with van der Waals surface area (Å²) in [6, 6.07) is 0. The molecule has 0 N–H and O–H groups in total. The number of rotatable bonds is 1. The van der Waals surface area contributed by atoms with E-state index in [1.165, 1.54) is 12.0 Å². The summed E-state index contributed by atoms with van der Waals surface area (Å²) < 4.78 is 12.2. The second-order valence-electron chi connectivity index (χ2n) is 6.50. The molecule has 1 fully saturated rings. The molecule has 1 saturated heterocycles. The van der Waals surface area contributed by atoms with Gasteiger partial charge in [0.15, 0.2) is 6.29 Å². The molecule has 0 radical (unpaired) electrons. The maximum absolute atomic E-state index is 6.13. The Kier molecular flexibility index (Phi) is 3.39. The van der Waals surface area contributed by atoms with Crippen LogP contribution in [-0.2, 0) is 9.47 Å². The van der Waals surface area contributed by atoms with E-state index in [1.807, 2.05) is 0 Å². The molecule has 0 amide bonds. The van der Waals surface area contributed by atoms with E-state index in [0.717, 1.165) is 0 Å². The van der Waals surface area contributed by atoms with Crippen molar-refractivity contribution >= 4 is 0 Å². The highest BCUT2D eigenvalue weighted by Gasteiger charge is 2.46. The lowest BCUT2D eigenvalue weighted by atomic mass is 9.74. The van der Waals surface area contributed by atoms with E-state index >= 15 is 0 Å². The van der Waals surface area contributed by atoms with Crippen LogP contribution in [0.4, 0.5) is 0 Å². The average molecular weight is 238 g/mol. The Morgan fingerprint density at radius 1 is 1.24 bits per heavy atom. The van der Waals surface area contributed by atoms with Crippen LogP contribution in [0.3, 0.4) is 0 Å². The molecule has 0 aromatic heterocycles. The highest BCUT2D eigenvalue weighted by molar-refractivity contribution is 5.09. The van der Waals surface area contributed by atoms with Crippen LogP contribution < -0.4 is 0 Å². The van der Waals surface area contributed by atoms with Crippen molar-refractivity contribution in [2.45, 2.75) is 66.0 Å². The molecule has 2 heteroatoms. The number of ether oxygens (including phenoxy) is 2. The van der Waals surface area contributed by atoms with Crippen molar-refractivity contribution in [3.63, 3.8) is 0 Å². The van der Waals surface area contributed by atoms with Crippen LogP contribution in [0, 0.1) is 17.8 Å². The molecule has 2 nitrogen and oxygen atoms in total. The zero-order chi connectivity index (χ0) is 12.8. The summed E-state index contributed by atoms with van der Waals surface area (Å²) in [7, 11) is 0. The summed E-state index contributed by atoms with van der Waals surface area (Å²) in [4.78, 5) is 0. The second-order valence-corrected chi connectivity index (χ2v) is 6.50. The summed E-state index contributed by atoms with van der Waals surface area (Å²) in [6.07, 6.45) is 3.70. The Morgan fingerprint density at radius 3 is 2.35 bits per heavy atom. The molecule has 98 valence electrons. The SMILES string of the molecule is CC1=C[C@@H](C)[C@H]([C@@H]2O[C@H](C)C(C)(C)O2)[C@@H](C)C1. The van der Waals surface area contributed by atoms with Gasteiger partial charge in [-0.2, -0.15) is 0 Å². The van der Waals surface area contributed by atoms with E-state index in [9.17, 15) is 0 Å². The highest BCUT2D eigenvalue weighted by atomic mass is 16.7. The average Bonchev–Trinajstić information content (AvgIpc) is 2.38. The molecule has 1 aliphatic carbocycles. The fraction of sp³-hybridized carbons (Fsp3) is 0.867. The van der Waals surface area contributed by atoms with Gasteiger partial charge in [0.2, 0.25) is 0 Å². The first-order valence-electron chi connectivity index (χ1n) is 6.82. The normalized spacial score (nSPS) is 45.8. The Balaban J connectivity index is 2.14. The molecule has 1 aliphatic heterocycles. The molecule has 2 rings (SSSR count). The van der Waals surface area contributed by atoms with Gasteiger partial charge in [0, 0.05) is 5.92 Å². The van der Waals surface area contributed by atoms with Crippen molar-refractivity contribution in [3.05, 3.63) is 11.6 Å². The van der Waals surface area contributed by atoms with Crippen LogP contribution in [-0.4, -0.2) is 18.0 Å². The van der Waals surface area contributed by atoms with Gasteiger partial charge in [0.25, 0.3) is 0 Å². The molecular weight excluding hydrogens is 212 g/mol. The topological polar surface area (TPSA) is 18.5 Å². The van der Waals surface area contributed by atoms with Crippen LogP contribution in [0.25, 0.3) is 0 Å². The number of allylic oxidation sites excluding steroid dienone is 2. The van der Waals surface area contributed by atoms with Crippen molar-refractivity contribution in [2.75, 3.05) is 0 Å². The van der Waals surface area contributed by atoms with Crippen LogP contribution in [0.2, 0.25) is 0 Å². The predicted octanol–water partition coefficient (Wildman–Crippen LogP) is 3.76. The summed E-state index contributed by atoms with van der Waals surface area (Å²) in [5, 5.41) is 0. The van der Waals surface area contributed by atoms with Gasteiger partial charge >= 0.3 is 0 Å². The van der Waals surface area contributed by atoms with Crippen molar-refractivity contribution < 1.29 is 9.47 Å². The lowest BCUT2D eigenvalue weighted by Crippen LogP contribution is -2.36. The molecule has 0 unspecified atom stereocenters. The van der Waals surface area contributed by atoms with Crippen LogP contribution in [0.5, 0.6) is 0 Å². The molecule has 0 bridgehead atoms. The highest BCUT2D eigenvalue weighted by Crippen LogP contribution is 2.42. The lowest BCUT2D eigenvalue weighted by Gasteiger charge is -2.36. The maximum Gasteiger partial charge on any atom is 0.162 e. The van der Waals surface area contributed by atoms with Crippen LogP contribution >= 0.6 is 0 Å². The van der Waals surface area contributed by atoms with Gasteiger partial charge in [-0.25, -0.2) is 0 Å². The molecular formula is C15H26O2. The first-order valence-corrected chi connectivity index (χ1v) is 6.82. The fourth-order valence-electron chi connectivity index (χ4n) is 3.26. The molecule has 5 atom stereocenters. The number of hydrogen-bond donors (Lipinski definition) is 0. The van der Waals surface area contributed by atoms with Crippen LogP contribution in [0.1, 0.15) is 48.0 Å². The van der Waals surface area contributed by atoms with Gasteiger partial charge < -0.3 is 9.47 Å². The molecule has 0 spiro atoms. The Labute approximate surface area is 105 Å². The lowest BCUT2D eigenvalue weighted by molar-refractivity contribution is -0.138. The second kappa shape index (κ2) is 4.40. The predicted molar refractivity (Wildman–Crippen MR) is 69.7 cm³/mol. The van der Waals surface area contributed by atoms with E-state index in [1.54, 1.807) is 0 Å². The third-order valence-electron chi connectivity index (χ3n) is 4.51. The van der Waals surface area contributed by atoms with Crippen molar-refractivity contribution in [3.8, 4) is 0 Å². The largest absolute Gasteiger partial charge is 0.346 e. The molecule has 17 heavy (non-hydrogen) atoms. The number of hydrogen-bond acceptors (Lipinski definition) is 2. The zero-order valence-corrected chi connectivity index (χ0v) is 12.0. The summed E-state index contributed by atoms with van der Waals surface area (Å²) in [6.45, 7) is 13.2. The van der Waals surface area contributed by atoms with Gasteiger partial charge in [-0.1, -0.05) is 25.5 Å². The fourth-order valence-corrected chi connectivity index (χ4v) is 3.26. The van der Waals surface area contributed by atoms with E-state index in [0.29, 0.717) is 17.8 Å². The van der Waals surface area contributed by atoms with Crippen molar-refractivity contribution in [2.24, 2.45) is 17.8 Å². The Morgan fingerprint density at radius 2 is 1.88 bits per heavy atom. The zero-order valence-electron chi connectivity index (χ0n) is 12.0. The van der Waals surface area contributed by atoms with Gasteiger partial charge in [-0.05, 0) is 46.0 Å². The Hall–Kier alpha value is -0.340. The summed E-state index contributed by atoms with van der Waals surface area (Å²) >= 11 is 0. The molecule has 1 heterocycles. The first kappa shape index (κ1) is 13.1. The minimum absolute atomic E-state index is 0.0330. The molecule has 2 aliphatic rings. The summed E-state index contributed by atoms with van der Waals surface area (Å²) in [5.41, 5.74) is 1.35. The van der Waals surface area contributed by atoms with Gasteiger partial charge in [0.1, 0.15) is 0 Å². The third kappa shape index (κ3) is 2.43. The van der Waals surface area contributed by atoms with E-state index in [-0.39, 0.29) is 18.0 Å². The van der Waals surface area contributed by atoms with Gasteiger partial charge in [-0.15, -0.1) is 0 Å². The van der Waals surface area contributed by atoms with E-state index < -0.39 is 0 Å². The molecule has 0 aromatic rings. The molecule has 0 aromatic carbocycles. The minimum atomic E-state index is -0.152. The summed E-state index contributed by atoms with van der Waals surface area (Å²) in [5.74, 6) is 1.67. The smallest absolute Gasteiger partial charge is 0.162 e. The van der Waals surface area contributed by atoms with Gasteiger partial charge in [-0.3, -0.25) is 0 Å².